The van der Waals surface area contributed by atoms with Crippen molar-refractivity contribution in [2.24, 2.45) is 0 Å². The smallest absolute Gasteiger partial charge is 0.210 e. The average Bonchev–Trinajstić information content (AvgIpc) is 3.09. The second-order valence-electron chi connectivity index (χ2n) is 6.60. The van der Waals surface area contributed by atoms with Crippen molar-refractivity contribution < 1.29 is 4.79 Å². The van der Waals surface area contributed by atoms with Gasteiger partial charge in [-0.1, -0.05) is 35.9 Å². The van der Waals surface area contributed by atoms with Gasteiger partial charge >= 0.3 is 0 Å². The summed E-state index contributed by atoms with van der Waals surface area (Å²) in [5, 5.41) is 6.28. The largest absolute Gasteiger partial charge is 0.339 e. The quantitative estimate of drug-likeness (QED) is 0.583. The van der Waals surface area contributed by atoms with E-state index in [1.165, 1.54) is 5.56 Å². The van der Waals surface area contributed by atoms with Gasteiger partial charge in [0.25, 0.3) is 0 Å². The zero-order valence-corrected chi connectivity index (χ0v) is 16.1. The monoisotopic (exact) mass is 365 g/mol. The number of carbonyl (C=O) groups excluding carboxylic acids is 1. The highest BCUT2D eigenvalue weighted by atomic mass is 32.1. The van der Waals surface area contributed by atoms with Crippen LogP contribution in [0.5, 0.6) is 0 Å². The molecule has 0 saturated heterocycles. The minimum atomic E-state index is 0.195. The lowest BCUT2D eigenvalue weighted by Crippen LogP contribution is -2.28. The van der Waals surface area contributed by atoms with Crippen LogP contribution in [-0.2, 0) is 11.3 Å². The lowest BCUT2D eigenvalue weighted by Gasteiger charge is -2.21. The van der Waals surface area contributed by atoms with Gasteiger partial charge in [-0.05, 0) is 44.5 Å². The van der Waals surface area contributed by atoms with Crippen molar-refractivity contribution in [2.45, 2.75) is 33.4 Å². The summed E-state index contributed by atoms with van der Waals surface area (Å²) in [5.41, 5.74) is 5.44. The van der Waals surface area contributed by atoms with Crippen molar-refractivity contribution in [2.75, 3.05) is 5.32 Å². The van der Waals surface area contributed by atoms with Gasteiger partial charge in [-0.2, -0.15) is 0 Å². The molecule has 134 valence electrons. The lowest BCUT2D eigenvalue weighted by atomic mass is 10.1. The molecule has 0 saturated carbocycles. The highest BCUT2D eigenvalue weighted by molar-refractivity contribution is 7.14. The van der Waals surface area contributed by atoms with Crippen LogP contribution in [0.25, 0.3) is 11.3 Å². The number of aryl methyl sites for hydroxylation is 1. The predicted molar refractivity (Wildman–Crippen MR) is 109 cm³/mol. The molecule has 1 heterocycles. The maximum absolute atomic E-state index is 11.1. The van der Waals surface area contributed by atoms with Crippen LogP contribution in [0.4, 0.5) is 10.8 Å². The number of hydrogen-bond acceptors (Lipinski definition) is 4. The Kier molecular flexibility index (Phi) is 5.68. The zero-order chi connectivity index (χ0) is 18.5. The summed E-state index contributed by atoms with van der Waals surface area (Å²) in [7, 11) is 0. The molecule has 0 fully saturated rings. The molecule has 0 aliphatic rings. The van der Waals surface area contributed by atoms with Crippen LogP contribution in [0.15, 0.2) is 53.9 Å². The first-order valence-electron chi connectivity index (χ1n) is 8.65. The molecule has 0 radical (unpaired) electrons. The van der Waals surface area contributed by atoms with Gasteiger partial charge < -0.3 is 10.2 Å². The number of anilines is 2. The Bertz CT molecular complexity index is 871. The van der Waals surface area contributed by atoms with Crippen LogP contribution in [0.2, 0.25) is 0 Å². The van der Waals surface area contributed by atoms with Gasteiger partial charge in [-0.3, -0.25) is 4.79 Å². The van der Waals surface area contributed by atoms with Gasteiger partial charge in [0.05, 0.1) is 5.69 Å². The summed E-state index contributed by atoms with van der Waals surface area (Å²) in [6, 6.07) is 16.7. The molecule has 1 amide bonds. The van der Waals surface area contributed by atoms with E-state index in [2.05, 4.69) is 46.9 Å². The van der Waals surface area contributed by atoms with Crippen LogP contribution in [-0.4, -0.2) is 22.3 Å². The van der Waals surface area contributed by atoms with E-state index in [0.29, 0.717) is 6.54 Å². The van der Waals surface area contributed by atoms with E-state index in [0.717, 1.165) is 34.0 Å². The van der Waals surface area contributed by atoms with Gasteiger partial charge in [0, 0.05) is 29.2 Å². The van der Waals surface area contributed by atoms with E-state index in [1.54, 1.807) is 16.2 Å². The maximum atomic E-state index is 11.1. The second kappa shape index (κ2) is 8.15. The van der Waals surface area contributed by atoms with Crippen LogP contribution in [0.3, 0.4) is 0 Å². The first-order chi connectivity index (χ1) is 12.5. The molecule has 0 atom stereocenters. The summed E-state index contributed by atoms with van der Waals surface area (Å²) in [5.74, 6) is 0. The molecule has 26 heavy (non-hydrogen) atoms. The minimum absolute atomic E-state index is 0.195. The fourth-order valence-electron chi connectivity index (χ4n) is 2.64. The standard InChI is InChI=1S/C21H23N3OS/c1-15(2)24(14-25)12-17-7-9-19(10-8-17)22-21-23-20(13-26-21)18-6-4-5-16(3)11-18/h4-11,13-15H,12H2,1-3H3,(H,22,23). The third kappa shape index (κ3) is 4.49. The van der Waals surface area contributed by atoms with Crippen LogP contribution in [0, 0.1) is 6.92 Å². The molecule has 3 rings (SSSR count). The fraction of sp³-hybridized carbons (Fsp3) is 0.238. The van der Waals surface area contributed by atoms with Crippen LogP contribution >= 0.6 is 11.3 Å². The van der Waals surface area contributed by atoms with E-state index in [-0.39, 0.29) is 6.04 Å². The normalized spacial score (nSPS) is 10.8. The molecule has 1 N–H and O–H groups in total. The maximum Gasteiger partial charge on any atom is 0.210 e. The molecular weight excluding hydrogens is 342 g/mol. The molecule has 0 bridgehead atoms. The van der Waals surface area contributed by atoms with Gasteiger partial charge in [-0.25, -0.2) is 4.98 Å². The summed E-state index contributed by atoms with van der Waals surface area (Å²) >= 11 is 1.59. The van der Waals surface area contributed by atoms with E-state index in [1.807, 2.05) is 38.1 Å². The molecular formula is C21H23N3OS. The summed E-state index contributed by atoms with van der Waals surface area (Å²) in [6.45, 7) is 6.73. The Morgan fingerprint density at radius 1 is 1.19 bits per heavy atom. The van der Waals surface area contributed by atoms with E-state index in [9.17, 15) is 4.79 Å². The van der Waals surface area contributed by atoms with E-state index >= 15 is 0 Å². The summed E-state index contributed by atoms with van der Waals surface area (Å²) in [6.07, 6.45) is 0.902. The number of aromatic nitrogens is 1. The lowest BCUT2D eigenvalue weighted by molar-refractivity contribution is -0.120. The van der Waals surface area contributed by atoms with Crippen molar-refractivity contribution in [1.29, 1.82) is 0 Å². The van der Waals surface area contributed by atoms with Crippen molar-refractivity contribution >= 4 is 28.6 Å². The number of hydrogen-bond donors (Lipinski definition) is 1. The Balaban J connectivity index is 1.67. The molecule has 5 heteroatoms. The van der Waals surface area contributed by atoms with Crippen molar-refractivity contribution in [1.82, 2.24) is 9.88 Å². The molecule has 4 nitrogen and oxygen atoms in total. The second-order valence-corrected chi connectivity index (χ2v) is 7.46. The Morgan fingerprint density at radius 3 is 2.62 bits per heavy atom. The number of rotatable bonds is 7. The van der Waals surface area contributed by atoms with Gasteiger partial charge in [0.1, 0.15) is 0 Å². The topological polar surface area (TPSA) is 45.2 Å². The molecule has 0 aliphatic carbocycles. The number of benzene rings is 2. The summed E-state index contributed by atoms with van der Waals surface area (Å²) in [4.78, 5) is 17.6. The Morgan fingerprint density at radius 2 is 1.96 bits per heavy atom. The first kappa shape index (κ1) is 18.1. The molecule has 0 aliphatic heterocycles. The van der Waals surface area contributed by atoms with Crippen molar-refractivity contribution in [3.05, 3.63) is 65.0 Å². The molecule has 2 aromatic carbocycles. The van der Waals surface area contributed by atoms with Crippen molar-refractivity contribution in [3.63, 3.8) is 0 Å². The Labute approximate surface area is 158 Å². The predicted octanol–water partition coefficient (Wildman–Crippen LogP) is 5.23. The minimum Gasteiger partial charge on any atom is -0.339 e. The molecule has 0 unspecified atom stereocenters. The van der Waals surface area contributed by atoms with E-state index in [4.69, 9.17) is 0 Å². The number of nitrogens with one attached hydrogen (secondary N) is 1. The SMILES string of the molecule is Cc1cccc(-c2csc(Nc3ccc(CN(C=O)C(C)C)cc3)n2)c1. The van der Waals surface area contributed by atoms with Gasteiger partial charge in [-0.15, -0.1) is 11.3 Å². The van der Waals surface area contributed by atoms with Crippen LogP contribution < -0.4 is 5.32 Å². The zero-order valence-electron chi connectivity index (χ0n) is 15.3. The number of nitrogens with zero attached hydrogens (tertiary/aromatic N) is 2. The first-order valence-corrected chi connectivity index (χ1v) is 9.52. The van der Waals surface area contributed by atoms with Crippen LogP contribution in [0.1, 0.15) is 25.0 Å². The van der Waals surface area contributed by atoms with E-state index < -0.39 is 0 Å². The molecule has 0 spiro atoms. The fourth-order valence-corrected chi connectivity index (χ4v) is 3.38. The highest BCUT2D eigenvalue weighted by Crippen LogP contribution is 2.27. The Hall–Kier alpha value is -2.66. The third-order valence-corrected chi connectivity index (χ3v) is 4.94. The number of carbonyl (C=O) groups is 1. The van der Waals surface area contributed by atoms with Crippen molar-refractivity contribution in [3.8, 4) is 11.3 Å². The molecule has 1 aromatic heterocycles. The van der Waals surface area contributed by atoms with Gasteiger partial charge in [0.15, 0.2) is 5.13 Å². The molecule has 3 aromatic rings. The summed E-state index contributed by atoms with van der Waals surface area (Å²) < 4.78 is 0. The number of amides is 1. The highest BCUT2D eigenvalue weighted by Gasteiger charge is 2.08. The van der Waals surface area contributed by atoms with Gasteiger partial charge in [0.2, 0.25) is 6.41 Å². The third-order valence-electron chi connectivity index (χ3n) is 4.19. The average molecular weight is 366 g/mol. The number of thiazole rings is 1.